The SMILES string of the molecule is CC(C)(O)C1CCN(N2C(=O)c3ccc4c5c(ccc(c35)C2=O)C(=O)N(NCCO)C4=O)CC1. The van der Waals surface area contributed by atoms with Gasteiger partial charge in [-0.25, -0.2) is 20.5 Å². The van der Waals surface area contributed by atoms with Crippen LogP contribution in [0.25, 0.3) is 10.8 Å². The van der Waals surface area contributed by atoms with E-state index in [2.05, 4.69) is 5.43 Å². The van der Waals surface area contributed by atoms with Crippen LogP contribution in [0.4, 0.5) is 0 Å². The maximum atomic E-state index is 13.5. The van der Waals surface area contributed by atoms with Crippen LogP contribution in [0.15, 0.2) is 24.3 Å². The number of hydrogen-bond acceptors (Lipinski definition) is 8. The number of aliphatic hydroxyl groups excluding tert-OH is 1. The van der Waals surface area contributed by atoms with Crippen LogP contribution < -0.4 is 5.43 Å². The van der Waals surface area contributed by atoms with Crippen LogP contribution in [0.1, 0.15) is 68.1 Å². The largest absolute Gasteiger partial charge is 0.395 e. The van der Waals surface area contributed by atoms with Crippen LogP contribution in [0.3, 0.4) is 0 Å². The summed E-state index contributed by atoms with van der Waals surface area (Å²) in [6.45, 7) is 4.19. The minimum Gasteiger partial charge on any atom is -0.395 e. The summed E-state index contributed by atoms with van der Waals surface area (Å²) < 4.78 is 0. The zero-order valence-corrected chi connectivity index (χ0v) is 19.0. The van der Waals surface area contributed by atoms with Crippen molar-refractivity contribution in [3.05, 3.63) is 46.5 Å². The first-order valence-electron chi connectivity index (χ1n) is 11.3. The molecule has 0 bridgehead atoms. The summed E-state index contributed by atoms with van der Waals surface area (Å²) in [6.07, 6.45) is 1.28. The van der Waals surface area contributed by atoms with Gasteiger partial charge in [0.25, 0.3) is 23.6 Å². The summed E-state index contributed by atoms with van der Waals surface area (Å²) in [5.74, 6) is -2.14. The van der Waals surface area contributed by atoms with Gasteiger partial charge < -0.3 is 10.2 Å². The Morgan fingerprint density at radius 2 is 1.29 bits per heavy atom. The predicted molar refractivity (Wildman–Crippen MR) is 121 cm³/mol. The first-order chi connectivity index (χ1) is 16.1. The number of benzene rings is 2. The summed E-state index contributed by atoms with van der Waals surface area (Å²) in [5, 5.41) is 23.7. The molecule has 3 N–H and O–H groups in total. The van der Waals surface area contributed by atoms with Crippen molar-refractivity contribution in [3.63, 3.8) is 0 Å². The van der Waals surface area contributed by atoms with Crippen molar-refractivity contribution in [2.75, 3.05) is 26.2 Å². The second-order valence-corrected chi connectivity index (χ2v) is 9.45. The van der Waals surface area contributed by atoms with Crippen LogP contribution in [-0.4, -0.2) is 80.7 Å². The minimum atomic E-state index is -0.834. The highest BCUT2D eigenvalue weighted by Gasteiger charge is 2.43. The number of nitrogens with zero attached hydrogens (tertiary/aromatic N) is 3. The first-order valence-corrected chi connectivity index (χ1v) is 11.3. The minimum absolute atomic E-state index is 0.0161. The lowest BCUT2D eigenvalue weighted by molar-refractivity contribution is -0.0541. The highest BCUT2D eigenvalue weighted by atomic mass is 16.3. The molecular formula is C24H26N4O6. The fourth-order valence-electron chi connectivity index (χ4n) is 5.20. The Morgan fingerprint density at radius 3 is 1.71 bits per heavy atom. The van der Waals surface area contributed by atoms with Gasteiger partial charge in [0.1, 0.15) is 0 Å². The standard InChI is InChI=1S/C24H26N4O6/c1-24(2,34)13-7-10-26(11-8-13)28-22(32)16-5-3-14-18-15(4-6-17(19(16)18)23(28)33)21(31)27(20(14)30)25-9-12-29/h3-6,13,25,29,34H,7-12H2,1-2H3. The Kier molecular flexibility index (Phi) is 5.28. The molecule has 178 valence electrons. The van der Waals surface area contributed by atoms with Crippen LogP contribution >= 0.6 is 0 Å². The van der Waals surface area contributed by atoms with Crippen LogP contribution in [0.2, 0.25) is 0 Å². The average molecular weight is 466 g/mol. The molecule has 3 aliphatic heterocycles. The average Bonchev–Trinajstić information content (AvgIpc) is 2.81. The third-order valence-corrected chi connectivity index (χ3v) is 7.01. The highest BCUT2D eigenvalue weighted by Crippen LogP contribution is 2.38. The van der Waals surface area contributed by atoms with Crippen molar-refractivity contribution >= 4 is 34.4 Å². The van der Waals surface area contributed by atoms with Gasteiger partial charge in [-0.15, -0.1) is 0 Å². The van der Waals surface area contributed by atoms with E-state index in [-0.39, 0.29) is 41.3 Å². The van der Waals surface area contributed by atoms with Gasteiger partial charge in [-0.1, -0.05) is 0 Å². The van der Waals surface area contributed by atoms with E-state index in [9.17, 15) is 24.3 Å². The Hall–Kier alpha value is -3.18. The highest BCUT2D eigenvalue weighted by molar-refractivity contribution is 6.33. The smallest absolute Gasteiger partial charge is 0.276 e. The maximum Gasteiger partial charge on any atom is 0.276 e. The Balaban J connectivity index is 1.54. The van der Waals surface area contributed by atoms with Gasteiger partial charge in [0.2, 0.25) is 0 Å². The molecular weight excluding hydrogens is 440 g/mol. The van der Waals surface area contributed by atoms with Gasteiger partial charge in [-0.2, -0.15) is 0 Å². The molecule has 4 amide bonds. The molecule has 0 spiro atoms. The lowest BCUT2D eigenvalue weighted by Crippen LogP contribution is -2.56. The van der Waals surface area contributed by atoms with Crippen LogP contribution in [0, 0.1) is 5.92 Å². The van der Waals surface area contributed by atoms with Gasteiger partial charge in [-0.3, -0.25) is 19.2 Å². The van der Waals surface area contributed by atoms with E-state index in [1.54, 1.807) is 18.9 Å². The molecule has 34 heavy (non-hydrogen) atoms. The van der Waals surface area contributed by atoms with Gasteiger partial charge in [0.15, 0.2) is 0 Å². The number of carbonyl (C=O) groups excluding carboxylic acids is 4. The van der Waals surface area contributed by atoms with E-state index in [1.165, 1.54) is 24.3 Å². The number of rotatable bonds is 5. The number of piperidine rings is 1. The lowest BCUT2D eigenvalue weighted by atomic mass is 9.83. The number of imide groups is 2. The Bertz CT molecular complexity index is 1170. The van der Waals surface area contributed by atoms with Crippen molar-refractivity contribution < 1.29 is 29.4 Å². The van der Waals surface area contributed by atoms with E-state index in [4.69, 9.17) is 5.11 Å². The topological polar surface area (TPSA) is 130 Å². The number of carbonyl (C=O) groups is 4. The van der Waals surface area contributed by atoms with Crippen molar-refractivity contribution in [2.45, 2.75) is 32.3 Å². The molecule has 0 aliphatic carbocycles. The van der Waals surface area contributed by atoms with Gasteiger partial charge in [-0.05, 0) is 56.9 Å². The molecule has 0 radical (unpaired) electrons. The fourth-order valence-corrected chi connectivity index (χ4v) is 5.20. The number of nitrogens with one attached hydrogen (secondary N) is 1. The van der Waals surface area contributed by atoms with Crippen molar-refractivity contribution in [2.24, 2.45) is 5.92 Å². The summed E-state index contributed by atoms with van der Waals surface area (Å²) in [7, 11) is 0. The zero-order chi connectivity index (χ0) is 24.4. The summed E-state index contributed by atoms with van der Waals surface area (Å²) >= 11 is 0. The molecule has 0 aromatic heterocycles. The number of amides is 4. The second-order valence-electron chi connectivity index (χ2n) is 9.45. The normalized spacial score (nSPS) is 19.5. The van der Waals surface area contributed by atoms with Crippen molar-refractivity contribution in [1.29, 1.82) is 0 Å². The maximum absolute atomic E-state index is 13.5. The lowest BCUT2D eigenvalue weighted by Gasteiger charge is -2.42. The monoisotopic (exact) mass is 466 g/mol. The molecule has 5 rings (SSSR count). The van der Waals surface area contributed by atoms with E-state index in [0.29, 0.717) is 36.7 Å². The van der Waals surface area contributed by atoms with Gasteiger partial charge in [0, 0.05) is 30.4 Å². The fraction of sp³-hybridized carbons (Fsp3) is 0.417. The van der Waals surface area contributed by atoms with E-state index >= 15 is 0 Å². The van der Waals surface area contributed by atoms with Crippen molar-refractivity contribution in [3.8, 4) is 0 Å². The summed E-state index contributed by atoms with van der Waals surface area (Å²) in [4.78, 5) is 52.9. The third-order valence-electron chi connectivity index (χ3n) is 7.01. The summed E-state index contributed by atoms with van der Waals surface area (Å²) in [5.41, 5.74) is 2.72. The molecule has 2 aromatic carbocycles. The van der Waals surface area contributed by atoms with Crippen molar-refractivity contribution in [1.82, 2.24) is 20.5 Å². The van der Waals surface area contributed by atoms with Crippen LogP contribution in [0.5, 0.6) is 0 Å². The van der Waals surface area contributed by atoms with E-state index in [0.717, 1.165) is 10.0 Å². The molecule has 1 saturated heterocycles. The van der Waals surface area contributed by atoms with Crippen LogP contribution in [-0.2, 0) is 0 Å². The van der Waals surface area contributed by atoms with E-state index in [1.807, 2.05) is 0 Å². The molecule has 2 aromatic rings. The van der Waals surface area contributed by atoms with Gasteiger partial charge in [0.05, 0.1) is 34.5 Å². The third kappa shape index (κ3) is 3.25. The number of aliphatic hydroxyl groups is 2. The van der Waals surface area contributed by atoms with E-state index < -0.39 is 29.2 Å². The van der Waals surface area contributed by atoms with Gasteiger partial charge >= 0.3 is 0 Å². The molecule has 3 aliphatic rings. The first kappa shape index (κ1) is 22.6. The Labute approximate surface area is 195 Å². The molecule has 3 heterocycles. The number of hydrazine groups is 2. The number of hydrogen-bond donors (Lipinski definition) is 3. The zero-order valence-electron chi connectivity index (χ0n) is 19.0. The molecule has 1 fully saturated rings. The Morgan fingerprint density at radius 1 is 0.853 bits per heavy atom. The quantitative estimate of drug-likeness (QED) is 0.555. The molecule has 10 nitrogen and oxygen atoms in total. The molecule has 0 saturated carbocycles. The predicted octanol–water partition coefficient (Wildman–Crippen LogP) is 0.927. The molecule has 0 atom stereocenters. The second kappa shape index (κ2) is 7.95. The molecule has 10 heteroatoms. The summed E-state index contributed by atoms with van der Waals surface area (Å²) in [6, 6.07) is 6.04. The molecule has 0 unspecified atom stereocenters.